The third-order valence-electron chi connectivity index (χ3n) is 2.61. The SMILES string of the molecule is N[C@@H]1Cc2cccc(O)c2C[C@H]1O. The molecule has 1 aromatic carbocycles. The van der Waals surface area contributed by atoms with Crippen molar-refractivity contribution in [2.75, 3.05) is 0 Å². The fourth-order valence-electron chi connectivity index (χ4n) is 1.80. The van der Waals surface area contributed by atoms with E-state index in [1.807, 2.05) is 6.07 Å². The Hall–Kier alpha value is -1.06. The number of aromatic hydroxyl groups is 1. The molecule has 3 heteroatoms. The molecule has 2 atom stereocenters. The van der Waals surface area contributed by atoms with E-state index in [0.29, 0.717) is 12.8 Å². The van der Waals surface area contributed by atoms with Crippen LogP contribution in [0.2, 0.25) is 0 Å². The fourth-order valence-corrected chi connectivity index (χ4v) is 1.80. The van der Waals surface area contributed by atoms with E-state index in [4.69, 9.17) is 5.73 Å². The van der Waals surface area contributed by atoms with Crippen molar-refractivity contribution in [3.8, 4) is 5.75 Å². The molecule has 0 radical (unpaired) electrons. The number of phenolic OH excluding ortho intramolecular Hbond substituents is 1. The second-order valence-electron chi connectivity index (χ2n) is 3.55. The number of rotatable bonds is 0. The summed E-state index contributed by atoms with van der Waals surface area (Å²) in [5.74, 6) is 0.267. The van der Waals surface area contributed by atoms with Gasteiger partial charge in [-0.25, -0.2) is 0 Å². The molecule has 0 aliphatic heterocycles. The Morgan fingerprint density at radius 3 is 2.85 bits per heavy atom. The van der Waals surface area contributed by atoms with Gasteiger partial charge in [0.2, 0.25) is 0 Å². The van der Waals surface area contributed by atoms with Gasteiger partial charge in [-0.1, -0.05) is 12.1 Å². The first-order chi connectivity index (χ1) is 6.18. The van der Waals surface area contributed by atoms with Crippen molar-refractivity contribution in [2.45, 2.75) is 25.0 Å². The number of phenols is 1. The van der Waals surface area contributed by atoms with Gasteiger partial charge in [0.25, 0.3) is 0 Å². The summed E-state index contributed by atoms with van der Waals surface area (Å²) in [7, 11) is 0. The summed E-state index contributed by atoms with van der Waals surface area (Å²) in [4.78, 5) is 0. The van der Waals surface area contributed by atoms with Crippen LogP contribution in [0.15, 0.2) is 18.2 Å². The van der Waals surface area contributed by atoms with Crippen molar-refractivity contribution in [1.82, 2.24) is 0 Å². The zero-order chi connectivity index (χ0) is 9.42. The molecule has 2 rings (SSSR count). The van der Waals surface area contributed by atoms with Crippen LogP contribution >= 0.6 is 0 Å². The summed E-state index contributed by atoms with van der Waals surface area (Å²) in [6.07, 6.45) is 0.578. The summed E-state index contributed by atoms with van der Waals surface area (Å²) >= 11 is 0. The fraction of sp³-hybridized carbons (Fsp3) is 0.400. The minimum atomic E-state index is -0.527. The Morgan fingerprint density at radius 1 is 1.31 bits per heavy atom. The molecule has 3 nitrogen and oxygen atoms in total. The lowest BCUT2D eigenvalue weighted by molar-refractivity contribution is 0.136. The first-order valence-electron chi connectivity index (χ1n) is 4.42. The second-order valence-corrected chi connectivity index (χ2v) is 3.55. The Labute approximate surface area is 76.8 Å². The number of aliphatic hydroxyl groups excluding tert-OH is 1. The number of nitrogens with two attached hydrogens (primary N) is 1. The maximum absolute atomic E-state index is 9.51. The zero-order valence-electron chi connectivity index (χ0n) is 7.27. The lowest BCUT2D eigenvalue weighted by Gasteiger charge is -2.27. The Bertz CT molecular complexity index is 325. The largest absolute Gasteiger partial charge is 0.508 e. The summed E-state index contributed by atoms with van der Waals surface area (Å²) in [6.45, 7) is 0. The van der Waals surface area contributed by atoms with Crippen LogP contribution in [0.4, 0.5) is 0 Å². The van der Waals surface area contributed by atoms with Crippen molar-refractivity contribution < 1.29 is 10.2 Å². The molecule has 0 saturated carbocycles. The molecule has 0 unspecified atom stereocenters. The van der Waals surface area contributed by atoms with Gasteiger partial charge in [0.1, 0.15) is 5.75 Å². The van der Waals surface area contributed by atoms with Crippen molar-refractivity contribution in [1.29, 1.82) is 0 Å². The smallest absolute Gasteiger partial charge is 0.119 e. The summed E-state index contributed by atoms with van der Waals surface area (Å²) in [5.41, 5.74) is 7.61. The highest BCUT2D eigenvalue weighted by Gasteiger charge is 2.25. The highest BCUT2D eigenvalue weighted by molar-refractivity contribution is 5.42. The molecule has 1 aliphatic rings. The average molecular weight is 179 g/mol. The number of fused-ring (bicyclic) bond motifs is 1. The van der Waals surface area contributed by atoms with Crippen LogP contribution in [-0.4, -0.2) is 22.4 Å². The van der Waals surface area contributed by atoms with Crippen LogP contribution in [0.1, 0.15) is 11.1 Å². The molecule has 13 heavy (non-hydrogen) atoms. The van der Waals surface area contributed by atoms with Crippen molar-refractivity contribution >= 4 is 0 Å². The van der Waals surface area contributed by atoms with Gasteiger partial charge in [0.15, 0.2) is 0 Å². The molecule has 1 aromatic rings. The molecular weight excluding hydrogens is 166 g/mol. The van der Waals surface area contributed by atoms with E-state index in [0.717, 1.165) is 11.1 Å². The Morgan fingerprint density at radius 2 is 2.08 bits per heavy atom. The van der Waals surface area contributed by atoms with Crippen LogP contribution < -0.4 is 5.73 Å². The van der Waals surface area contributed by atoms with Crippen molar-refractivity contribution in [2.24, 2.45) is 5.73 Å². The first kappa shape index (κ1) is 8.53. The monoisotopic (exact) mass is 179 g/mol. The number of hydrogen-bond donors (Lipinski definition) is 3. The molecule has 4 N–H and O–H groups in total. The van der Waals surface area contributed by atoms with Crippen LogP contribution in [0.25, 0.3) is 0 Å². The van der Waals surface area contributed by atoms with Crippen LogP contribution in [0.3, 0.4) is 0 Å². The topological polar surface area (TPSA) is 66.5 Å². The van der Waals surface area contributed by atoms with E-state index in [1.165, 1.54) is 0 Å². The molecule has 70 valence electrons. The van der Waals surface area contributed by atoms with Gasteiger partial charge in [-0.2, -0.15) is 0 Å². The third-order valence-corrected chi connectivity index (χ3v) is 2.61. The van der Waals surface area contributed by atoms with E-state index in [2.05, 4.69) is 0 Å². The second kappa shape index (κ2) is 3.01. The molecule has 1 aliphatic carbocycles. The van der Waals surface area contributed by atoms with Gasteiger partial charge in [0, 0.05) is 12.5 Å². The van der Waals surface area contributed by atoms with Crippen molar-refractivity contribution in [3.05, 3.63) is 29.3 Å². The molecule has 0 aromatic heterocycles. The first-order valence-corrected chi connectivity index (χ1v) is 4.42. The normalized spacial score (nSPS) is 26.9. The molecule has 0 amide bonds. The average Bonchev–Trinajstić information content (AvgIpc) is 2.09. The van der Waals surface area contributed by atoms with Gasteiger partial charge < -0.3 is 15.9 Å². The summed E-state index contributed by atoms with van der Waals surface area (Å²) in [6, 6.07) is 5.19. The van der Waals surface area contributed by atoms with E-state index < -0.39 is 6.10 Å². The van der Waals surface area contributed by atoms with Gasteiger partial charge in [-0.05, 0) is 23.6 Å². The molecule has 0 bridgehead atoms. The van der Waals surface area contributed by atoms with E-state index in [9.17, 15) is 10.2 Å². The minimum Gasteiger partial charge on any atom is -0.508 e. The molecule has 0 fully saturated rings. The third kappa shape index (κ3) is 1.41. The quantitative estimate of drug-likeness (QED) is 0.532. The predicted molar refractivity (Wildman–Crippen MR) is 49.5 cm³/mol. The van der Waals surface area contributed by atoms with Crippen LogP contribution in [0, 0.1) is 0 Å². The number of aliphatic hydroxyl groups is 1. The van der Waals surface area contributed by atoms with Gasteiger partial charge in [-0.3, -0.25) is 0 Å². The molecular formula is C10H13NO2. The number of benzene rings is 1. The molecule has 0 spiro atoms. The maximum Gasteiger partial charge on any atom is 0.119 e. The summed E-state index contributed by atoms with van der Waals surface area (Å²) in [5, 5.41) is 19.0. The summed E-state index contributed by atoms with van der Waals surface area (Å²) < 4.78 is 0. The van der Waals surface area contributed by atoms with E-state index in [-0.39, 0.29) is 11.8 Å². The highest BCUT2D eigenvalue weighted by atomic mass is 16.3. The van der Waals surface area contributed by atoms with Crippen LogP contribution in [0.5, 0.6) is 5.75 Å². The standard InChI is InChI=1S/C10H13NO2/c11-8-4-6-2-1-3-9(12)7(6)5-10(8)13/h1-3,8,10,12-13H,4-5,11H2/t8-,10-/m1/s1. The van der Waals surface area contributed by atoms with Gasteiger partial charge >= 0.3 is 0 Å². The highest BCUT2D eigenvalue weighted by Crippen LogP contribution is 2.28. The Kier molecular flexibility index (Phi) is 1.98. The lowest BCUT2D eigenvalue weighted by atomic mass is 9.86. The van der Waals surface area contributed by atoms with E-state index >= 15 is 0 Å². The van der Waals surface area contributed by atoms with Crippen molar-refractivity contribution in [3.63, 3.8) is 0 Å². The maximum atomic E-state index is 9.51. The predicted octanol–water partition coefficient (Wildman–Crippen LogP) is 0.179. The zero-order valence-corrected chi connectivity index (χ0v) is 7.27. The Balaban J connectivity index is 2.42. The van der Waals surface area contributed by atoms with Crippen LogP contribution in [-0.2, 0) is 12.8 Å². The van der Waals surface area contributed by atoms with E-state index in [1.54, 1.807) is 12.1 Å². The molecule has 0 saturated heterocycles. The van der Waals surface area contributed by atoms with Gasteiger partial charge in [-0.15, -0.1) is 0 Å². The number of hydrogen-bond acceptors (Lipinski definition) is 3. The lowest BCUT2D eigenvalue weighted by Crippen LogP contribution is -2.41. The van der Waals surface area contributed by atoms with Gasteiger partial charge in [0.05, 0.1) is 6.10 Å². The minimum absolute atomic E-state index is 0.200. The molecule has 0 heterocycles.